The molecule has 2 aromatic heterocycles. The van der Waals surface area contributed by atoms with E-state index in [1.54, 1.807) is 0 Å². The number of hydrogen-bond donors (Lipinski definition) is 1. The summed E-state index contributed by atoms with van der Waals surface area (Å²) < 4.78 is 7.56. The van der Waals surface area contributed by atoms with Gasteiger partial charge >= 0.3 is 0 Å². The largest absolute Gasteiger partial charge is 0.484 e. The van der Waals surface area contributed by atoms with Crippen LogP contribution in [0.5, 0.6) is 5.75 Å². The highest BCUT2D eigenvalue weighted by Crippen LogP contribution is 2.12. The van der Waals surface area contributed by atoms with Crippen molar-refractivity contribution in [1.82, 2.24) is 14.7 Å². The Kier molecular flexibility index (Phi) is 5.33. The Morgan fingerprint density at radius 1 is 1.20 bits per heavy atom. The van der Waals surface area contributed by atoms with E-state index in [0.717, 1.165) is 23.5 Å². The van der Waals surface area contributed by atoms with E-state index in [2.05, 4.69) is 21.6 Å². The van der Waals surface area contributed by atoms with Crippen molar-refractivity contribution >= 4 is 11.6 Å². The Morgan fingerprint density at radius 3 is 2.72 bits per heavy atom. The van der Waals surface area contributed by atoms with Gasteiger partial charge in [0.1, 0.15) is 11.4 Å². The van der Waals surface area contributed by atoms with E-state index in [-0.39, 0.29) is 12.5 Å². The summed E-state index contributed by atoms with van der Waals surface area (Å²) in [6.45, 7) is 4.72. The van der Waals surface area contributed by atoms with Gasteiger partial charge in [0.25, 0.3) is 5.91 Å². The maximum absolute atomic E-state index is 11.9. The lowest BCUT2D eigenvalue weighted by atomic mass is 10.2. The number of amides is 1. The van der Waals surface area contributed by atoms with Crippen molar-refractivity contribution in [1.29, 1.82) is 0 Å². The number of nitrogens with one attached hydrogen (secondary N) is 1. The third-order valence-electron chi connectivity index (χ3n) is 4.15. The Balaban J connectivity index is 1.44. The summed E-state index contributed by atoms with van der Waals surface area (Å²) in [6, 6.07) is 13.8. The second kappa shape index (κ2) is 7.83. The molecule has 0 atom stereocenters. The lowest BCUT2D eigenvalue weighted by Gasteiger charge is -2.07. The fourth-order valence-electron chi connectivity index (χ4n) is 2.67. The van der Waals surface area contributed by atoms with Gasteiger partial charge in [-0.3, -0.25) is 4.79 Å². The van der Waals surface area contributed by atoms with Crippen LogP contribution in [0.2, 0.25) is 0 Å². The highest BCUT2D eigenvalue weighted by Gasteiger charge is 2.05. The highest BCUT2D eigenvalue weighted by molar-refractivity contribution is 5.77. The number of rotatable bonds is 7. The molecule has 0 saturated carbocycles. The van der Waals surface area contributed by atoms with Crippen molar-refractivity contribution in [3.8, 4) is 5.75 Å². The third kappa shape index (κ3) is 4.38. The number of carbonyl (C=O) groups is 1. The molecule has 0 radical (unpaired) electrons. The van der Waals surface area contributed by atoms with E-state index >= 15 is 0 Å². The zero-order chi connectivity index (χ0) is 17.6. The quantitative estimate of drug-likeness (QED) is 0.721. The summed E-state index contributed by atoms with van der Waals surface area (Å²) in [5.41, 5.74) is 4.29. The van der Waals surface area contributed by atoms with Crippen molar-refractivity contribution < 1.29 is 9.53 Å². The molecule has 1 amide bonds. The molecular weight excluding hydrogens is 314 g/mol. The van der Waals surface area contributed by atoms with Gasteiger partial charge in [0, 0.05) is 24.9 Å². The molecule has 3 aromatic rings. The van der Waals surface area contributed by atoms with Gasteiger partial charge in [-0.25, -0.2) is 4.98 Å². The summed E-state index contributed by atoms with van der Waals surface area (Å²) in [4.78, 5) is 16.5. The van der Waals surface area contributed by atoms with Crippen molar-refractivity contribution in [2.24, 2.45) is 0 Å². The summed E-state index contributed by atoms with van der Waals surface area (Å²) in [6.07, 6.45) is 3.70. The molecule has 1 N–H and O–H groups in total. The number of benzene rings is 1. The Labute approximate surface area is 147 Å². The molecule has 0 saturated heterocycles. The minimum Gasteiger partial charge on any atom is -0.484 e. The van der Waals surface area contributed by atoms with Crippen LogP contribution >= 0.6 is 0 Å². The molecule has 0 spiro atoms. The van der Waals surface area contributed by atoms with Gasteiger partial charge in [-0.05, 0) is 43.2 Å². The number of carbonyl (C=O) groups excluding carboxylic acids is 1. The predicted octanol–water partition coefficient (Wildman–Crippen LogP) is 2.94. The molecule has 130 valence electrons. The first kappa shape index (κ1) is 17.0. The second-order valence-corrected chi connectivity index (χ2v) is 6.01. The van der Waals surface area contributed by atoms with Crippen molar-refractivity contribution in [2.75, 3.05) is 13.2 Å². The first-order valence-corrected chi connectivity index (χ1v) is 8.57. The average Bonchev–Trinajstić information content (AvgIpc) is 3.05. The van der Waals surface area contributed by atoms with Crippen LogP contribution in [-0.2, 0) is 17.6 Å². The number of imidazole rings is 1. The minimum absolute atomic E-state index is 0.0236. The Hall–Kier alpha value is -2.82. The van der Waals surface area contributed by atoms with E-state index in [1.807, 2.05) is 55.6 Å². The first-order valence-electron chi connectivity index (χ1n) is 8.57. The summed E-state index contributed by atoms with van der Waals surface area (Å²) in [5, 5.41) is 2.87. The third-order valence-corrected chi connectivity index (χ3v) is 4.15. The average molecular weight is 337 g/mol. The lowest BCUT2D eigenvalue weighted by Crippen LogP contribution is -2.30. The summed E-state index contributed by atoms with van der Waals surface area (Å²) in [7, 11) is 0. The zero-order valence-corrected chi connectivity index (χ0v) is 14.7. The van der Waals surface area contributed by atoms with Crippen LogP contribution in [0.3, 0.4) is 0 Å². The number of ether oxygens (including phenoxy) is 1. The van der Waals surface area contributed by atoms with Crippen molar-refractivity contribution in [2.45, 2.75) is 26.7 Å². The molecule has 3 rings (SSSR count). The fourth-order valence-corrected chi connectivity index (χ4v) is 2.67. The van der Waals surface area contributed by atoms with Crippen molar-refractivity contribution in [3.05, 3.63) is 65.6 Å². The van der Waals surface area contributed by atoms with Gasteiger partial charge in [-0.15, -0.1) is 0 Å². The topological polar surface area (TPSA) is 55.6 Å². The maximum atomic E-state index is 11.9. The van der Waals surface area contributed by atoms with Crippen LogP contribution in [0, 0.1) is 6.92 Å². The zero-order valence-electron chi connectivity index (χ0n) is 14.7. The van der Waals surface area contributed by atoms with Gasteiger partial charge in [0.05, 0.1) is 5.69 Å². The van der Waals surface area contributed by atoms with Crippen LogP contribution < -0.4 is 10.1 Å². The van der Waals surface area contributed by atoms with Gasteiger partial charge in [0.2, 0.25) is 0 Å². The monoisotopic (exact) mass is 337 g/mol. The lowest BCUT2D eigenvalue weighted by molar-refractivity contribution is -0.123. The maximum Gasteiger partial charge on any atom is 0.257 e. The van der Waals surface area contributed by atoms with E-state index in [0.29, 0.717) is 18.7 Å². The normalized spacial score (nSPS) is 10.8. The highest BCUT2D eigenvalue weighted by atomic mass is 16.5. The molecule has 1 aromatic carbocycles. The molecule has 5 heteroatoms. The number of aryl methyl sites for hydroxylation is 2. The second-order valence-electron chi connectivity index (χ2n) is 6.01. The van der Waals surface area contributed by atoms with Crippen LogP contribution in [-0.4, -0.2) is 28.4 Å². The van der Waals surface area contributed by atoms with Gasteiger partial charge in [-0.1, -0.05) is 25.1 Å². The van der Waals surface area contributed by atoms with E-state index < -0.39 is 0 Å². The molecule has 0 aliphatic carbocycles. The smallest absolute Gasteiger partial charge is 0.257 e. The molecular formula is C20H23N3O2. The standard InChI is InChI=1S/C20H23N3O2/c1-3-16-7-9-18(10-8-16)25-14-20(24)21-12-11-17-13-23-15(2)5-4-6-19(23)22-17/h4-10,13H,3,11-12,14H2,1-2H3,(H,21,24). The van der Waals surface area contributed by atoms with E-state index in [1.165, 1.54) is 5.56 Å². The molecule has 0 aliphatic rings. The summed E-state index contributed by atoms with van der Waals surface area (Å²) in [5.74, 6) is 0.586. The molecule has 2 heterocycles. The van der Waals surface area contributed by atoms with Gasteiger partial charge in [-0.2, -0.15) is 0 Å². The van der Waals surface area contributed by atoms with Crippen LogP contribution in [0.1, 0.15) is 23.9 Å². The number of aromatic nitrogens is 2. The summed E-state index contributed by atoms with van der Waals surface area (Å²) >= 11 is 0. The number of nitrogens with zero attached hydrogens (tertiary/aromatic N) is 2. The Morgan fingerprint density at radius 2 is 2.00 bits per heavy atom. The van der Waals surface area contributed by atoms with E-state index in [4.69, 9.17) is 4.74 Å². The van der Waals surface area contributed by atoms with Crippen molar-refractivity contribution in [3.63, 3.8) is 0 Å². The predicted molar refractivity (Wildman–Crippen MR) is 98.0 cm³/mol. The molecule has 0 bridgehead atoms. The first-order chi connectivity index (χ1) is 12.2. The Bertz CT molecular complexity index is 853. The van der Waals surface area contributed by atoms with Gasteiger partial charge in [0.15, 0.2) is 6.61 Å². The number of hydrogen-bond acceptors (Lipinski definition) is 3. The molecule has 25 heavy (non-hydrogen) atoms. The molecule has 5 nitrogen and oxygen atoms in total. The van der Waals surface area contributed by atoms with Crippen LogP contribution in [0.4, 0.5) is 0 Å². The minimum atomic E-state index is -0.125. The van der Waals surface area contributed by atoms with E-state index in [9.17, 15) is 4.79 Å². The molecule has 0 fully saturated rings. The van der Waals surface area contributed by atoms with Crippen LogP contribution in [0.25, 0.3) is 5.65 Å². The number of fused-ring (bicyclic) bond motifs is 1. The number of pyridine rings is 1. The van der Waals surface area contributed by atoms with Gasteiger partial charge < -0.3 is 14.5 Å². The SMILES string of the molecule is CCc1ccc(OCC(=O)NCCc2cn3c(C)cccc3n2)cc1. The van der Waals surface area contributed by atoms with Crippen LogP contribution in [0.15, 0.2) is 48.7 Å². The molecule has 0 unspecified atom stereocenters. The molecule has 0 aliphatic heterocycles. The fraction of sp³-hybridized carbons (Fsp3) is 0.300.